The summed E-state index contributed by atoms with van der Waals surface area (Å²) >= 11 is 1.46. The topological polar surface area (TPSA) is 37.8 Å². The van der Waals surface area contributed by atoms with Gasteiger partial charge in [0.05, 0.1) is 5.41 Å². The molecule has 1 saturated carbocycles. The molecule has 3 rings (SSSR count). The van der Waals surface area contributed by atoms with Crippen molar-refractivity contribution in [1.82, 2.24) is 9.36 Å². The van der Waals surface area contributed by atoms with Gasteiger partial charge in [-0.25, -0.2) is 4.98 Å². The second-order valence-electron chi connectivity index (χ2n) is 4.83. The third-order valence-corrected chi connectivity index (χ3v) is 4.58. The molecule has 1 N–H and O–H groups in total. The van der Waals surface area contributed by atoms with Crippen LogP contribution in [0.4, 0.5) is 5.13 Å². The van der Waals surface area contributed by atoms with Crippen LogP contribution in [0.15, 0.2) is 30.3 Å². The smallest absolute Gasteiger partial charge is 0.202 e. The lowest BCUT2D eigenvalue weighted by Crippen LogP contribution is -2.25. The van der Waals surface area contributed by atoms with Crippen LogP contribution in [0.5, 0.6) is 0 Å². The van der Waals surface area contributed by atoms with E-state index in [0.29, 0.717) is 0 Å². The molecule has 0 aliphatic heterocycles. The van der Waals surface area contributed by atoms with Gasteiger partial charge in [-0.2, -0.15) is 4.37 Å². The predicted octanol–water partition coefficient (Wildman–Crippen LogP) is 3.44. The Labute approximate surface area is 111 Å². The first-order valence-electron chi connectivity index (χ1n) is 6.43. The van der Waals surface area contributed by atoms with E-state index in [2.05, 4.69) is 45.0 Å². The summed E-state index contributed by atoms with van der Waals surface area (Å²) < 4.78 is 4.59. The molecule has 0 amide bonds. The van der Waals surface area contributed by atoms with Gasteiger partial charge in [0.1, 0.15) is 0 Å². The Morgan fingerprint density at radius 3 is 2.50 bits per heavy atom. The van der Waals surface area contributed by atoms with E-state index >= 15 is 0 Å². The number of nitrogens with zero attached hydrogens (tertiary/aromatic N) is 2. The molecule has 0 saturated heterocycles. The molecule has 0 unspecified atom stereocenters. The monoisotopic (exact) mass is 259 g/mol. The predicted molar refractivity (Wildman–Crippen MR) is 75.1 cm³/mol. The number of aromatic nitrogens is 2. The quantitative estimate of drug-likeness (QED) is 0.917. The molecule has 2 aromatic rings. The highest BCUT2D eigenvalue weighted by atomic mass is 32.1. The second kappa shape index (κ2) is 4.69. The minimum absolute atomic E-state index is 0.0485. The Kier molecular flexibility index (Phi) is 3.04. The molecule has 4 heteroatoms. The summed E-state index contributed by atoms with van der Waals surface area (Å²) in [6.07, 6.45) is 4.86. The van der Waals surface area contributed by atoms with Crippen molar-refractivity contribution in [2.24, 2.45) is 0 Å². The van der Waals surface area contributed by atoms with Gasteiger partial charge in [0.15, 0.2) is 5.82 Å². The molecule has 1 aliphatic carbocycles. The van der Waals surface area contributed by atoms with Crippen molar-refractivity contribution in [2.45, 2.75) is 31.1 Å². The van der Waals surface area contributed by atoms with Crippen LogP contribution in [0.2, 0.25) is 0 Å². The SMILES string of the molecule is CNc1nc(C2(c3ccccc3)CCCC2)ns1. The second-order valence-corrected chi connectivity index (χ2v) is 5.58. The maximum absolute atomic E-state index is 4.66. The summed E-state index contributed by atoms with van der Waals surface area (Å²) in [5, 5.41) is 3.99. The third-order valence-electron chi connectivity index (χ3n) is 3.85. The van der Waals surface area contributed by atoms with Crippen LogP contribution in [0.1, 0.15) is 37.1 Å². The maximum Gasteiger partial charge on any atom is 0.202 e. The van der Waals surface area contributed by atoms with Crippen LogP contribution in [0.25, 0.3) is 0 Å². The summed E-state index contributed by atoms with van der Waals surface area (Å²) in [4.78, 5) is 4.66. The lowest BCUT2D eigenvalue weighted by molar-refractivity contribution is 0.507. The molecule has 0 spiro atoms. The molecule has 0 atom stereocenters. The fourth-order valence-electron chi connectivity index (χ4n) is 2.90. The van der Waals surface area contributed by atoms with Gasteiger partial charge in [-0.05, 0) is 18.4 Å². The average Bonchev–Trinajstić information content (AvgIpc) is 3.09. The molecule has 0 bridgehead atoms. The fraction of sp³-hybridized carbons (Fsp3) is 0.429. The van der Waals surface area contributed by atoms with Crippen LogP contribution in [0, 0.1) is 0 Å². The normalized spacial score (nSPS) is 17.8. The molecule has 0 radical (unpaired) electrons. The molecular weight excluding hydrogens is 242 g/mol. The van der Waals surface area contributed by atoms with E-state index in [4.69, 9.17) is 0 Å². The van der Waals surface area contributed by atoms with Gasteiger partial charge >= 0.3 is 0 Å². The number of anilines is 1. The van der Waals surface area contributed by atoms with Crippen molar-refractivity contribution in [3.05, 3.63) is 41.7 Å². The summed E-state index contributed by atoms with van der Waals surface area (Å²) in [6, 6.07) is 10.7. The highest BCUT2D eigenvalue weighted by Gasteiger charge is 2.40. The molecule has 3 nitrogen and oxygen atoms in total. The van der Waals surface area contributed by atoms with Crippen molar-refractivity contribution in [2.75, 3.05) is 12.4 Å². The minimum atomic E-state index is 0.0485. The van der Waals surface area contributed by atoms with Gasteiger partial charge in [-0.15, -0.1) is 0 Å². The van der Waals surface area contributed by atoms with Gasteiger partial charge in [-0.3, -0.25) is 0 Å². The number of rotatable bonds is 3. The zero-order valence-corrected chi connectivity index (χ0v) is 11.3. The molecule has 1 aliphatic rings. The van der Waals surface area contributed by atoms with Crippen LogP contribution in [-0.2, 0) is 5.41 Å². The molecule has 18 heavy (non-hydrogen) atoms. The van der Waals surface area contributed by atoms with Gasteiger partial charge in [0.25, 0.3) is 0 Å². The average molecular weight is 259 g/mol. The first-order chi connectivity index (χ1) is 8.85. The van der Waals surface area contributed by atoms with Gasteiger partial charge in [-0.1, -0.05) is 43.2 Å². The first-order valence-corrected chi connectivity index (χ1v) is 7.20. The summed E-state index contributed by atoms with van der Waals surface area (Å²) in [5.41, 5.74) is 1.41. The fourth-order valence-corrected chi connectivity index (χ4v) is 3.50. The lowest BCUT2D eigenvalue weighted by atomic mass is 9.78. The molecule has 1 heterocycles. The van der Waals surface area contributed by atoms with Crippen molar-refractivity contribution < 1.29 is 0 Å². The standard InChI is InChI=1S/C14H17N3S/c1-15-13-16-12(17-18-13)14(9-5-6-10-14)11-7-3-2-4-8-11/h2-4,7-8H,5-6,9-10H2,1H3,(H,15,16,17). The van der Waals surface area contributed by atoms with Gasteiger partial charge in [0, 0.05) is 18.6 Å². The zero-order chi connectivity index (χ0) is 12.4. The summed E-state index contributed by atoms with van der Waals surface area (Å²) in [6.45, 7) is 0. The van der Waals surface area contributed by atoms with Crippen LogP contribution in [0.3, 0.4) is 0 Å². The Hall–Kier alpha value is -1.42. The van der Waals surface area contributed by atoms with E-state index < -0.39 is 0 Å². The Morgan fingerprint density at radius 1 is 1.17 bits per heavy atom. The molecule has 94 valence electrons. The number of hydrogen-bond acceptors (Lipinski definition) is 4. The van der Waals surface area contributed by atoms with Crippen LogP contribution in [-0.4, -0.2) is 16.4 Å². The number of nitrogens with one attached hydrogen (secondary N) is 1. The van der Waals surface area contributed by atoms with E-state index in [-0.39, 0.29) is 5.41 Å². The van der Waals surface area contributed by atoms with E-state index in [0.717, 1.165) is 23.8 Å². The van der Waals surface area contributed by atoms with E-state index in [1.807, 2.05) is 7.05 Å². The van der Waals surface area contributed by atoms with Crippen molar-refractivity contribution in [3.63, 3.8) is 0 Å². The van der Waals surface area contributed by atoms with Crippen molar-refractivity contribution >= 4 is 16.7 Å². The van der Waals surface area contributed by atoms with Gasteiger partial charge in [0.2, 0.25) is 5.13 Å². The molecule has 1 fully saturated rings. The van der Waals surface area contributed by atoms with E-state index in [9.17, 15) is 0 Å². The number of hydrogen-bond donors (Lipinski definition) is 1. The Bertz CT molecular complexity index is 515. The summed E-state index contributed by atoms with van der Waals surface area (Å²) in [5.74, 6) is 1.00. The van der Waals surface area contributed by atoms with Crippen molar-refractivity contribution in [1.29, 1.82) is 0 Å². The minimum Gasteiger partial charge on any atom is -0.363 e. The maximum atomic E-state index is 4.66. The van der Waals surface area contributed by atoms with E-state index in [1.54, 1.807) is 0 Å². The Morgan fingerprint density at radius 2 is 1.89 bits per heavy atom. The highest BCUT2D eigenvalue weighted by molar-refractivity contribution is 7.09. The van der Waals surface area contributed by atoms with Gasteiger partial charge < -0.3 is 5.32 Å². The van der Waals surface area contributed by atoms with Crippen LogP contribution >= 0.6 is 11.5 Å². The first kappa shape index (κ1) is 11.7. The van der Waals surface area contributed by atoms with Crippen LogP contribution < -0.4 is 5.32 Å². The molecule has 1 aromatic carbocycles. The van der Waals surface area contributed by atoms with Crippen molar-refractivity contribution in [3.8, 4) is 0 Å². The molecule has 1 aromatic heterocycles. The Balaban J connectivity index is 2.06. The largest absolute Gasteiger partial charge is 0.363 e. The molecular formula is C14H17N3S. The lowest BCUT2D eigenvalue weighted by Gasteiger charge is -2.26. The highest BCUT2D eigenvalue weighted by Crippen LogP contribution is 2.45. The van der Waals surface area contributed by atoms with E-state index in [1.165, 1.54) is 29.9 Å². The zero-order valence-electron chi connectivity index (χ0n) is 10.5. The third kappa shape index (κ3) is 1.81. The summed E-state index contributed by atoms with van der Waals surface area (Å²) in [7, 11) is 1.90. The number of benzene rings is 1.